The minimum atomic E-state index is -0.208. The molecule has 1 aromatic rings. The fourth-order valence-electron chi connectivity index (χ4n) is 0.245. The molecule has 1 rings (SSSR count). The SMILES string of the molecule is O=COc1nnnnn1. The first kappa shape index (κ1) is 5.48. The van der Waals surface area contributed by atoms with E-state index >= 15 is 0 Å². The highest BCUT2D eigenvalue weighted by atomic mass is 16.5. The van der Waals surface area contributed by atoms with Gasteiger partial charge < -0.3 is 4.74 Å². The quantitative estimate of drug-likeness (QED) is 0.432. The van der Waals surface area contributed by atoms with Gasteiger partial charge in [-0.3, -0.25) is 4.79 Å². The third-order valence-corrected chi connectivity index (χ3v) is 0.494. The van der Waals surface area contributed by atoms with Crippen molar-refractivity contribution in [1.29, 1.82) is 0 Å². The molecular weight excluding hydrogens is 126 g/mol. The minimum absolute atomic E-state index is 0.179. The van der Waals surface area contributed by atoms with Crippen molar-refractivity contribution in [3.05, 3.63) is 0 Å². The second kappa shape index (κ2) is 2.60. The molecular formula is C2HN5O2. The highest BCUT2D eigenvalue weighted by molar-refractivity contribution is 5.40. The van der Waals surface area contributed by atoms with Crippen molar-refractivity contribution < 1.29 is 9.53 Å². The molecule has 7 heteroatoms. The Morgan fingerprint density at radius 3 is 2.44 bits per heavy atom. The molecule has 0 unspecified atom stereocenters. The first-order chi connectivity index (χ1) is 4.43. The molecule has 0 spiro atoms. The zero-order valence-corrected chi connectivity index (χ0v) is 4.13. The normalized spacial score (nSPS) is 8.44. The summed E-state index contributed by atoms with van der Waals surface area (Å²) < 4.78 is 4.14. The number of carbonyl (C=O) groups is 1. The lowest BCUT2D eigenvalue weighted by Gasteiger charge is -1.85. The molecule has 0 saturated carbocycles. The molecule has 0 aromatic carbocycles. The summed E-state index contributed by atoms with van der Waals surface area (Å²) in [5.41, 5.74) is 0. The van der Waals surface area contributed by atoms with Crippen molar-refractivity contribution in [2.45, 2.75) is 0 Å². The summed E-state index contributed by atoms with van der Waals surface area (Å²) in [5.74, 6) is 0. The van der Waals surface area contributed by atoms with Gasteiger partial charge in [-0.1, -0.05) is 10.2 Å². The average molecular weight is 127 g/mol. The molecule has 0 atom stereocenters. The van der Waals surface area contributed by atoms with E-state index in [2.05, 4.69) is 30.6 Å². The molecule has 0 aliphatic carbocycles. The average Bonchev–Trinajstić information content (AvgIpc) is 1.91. The Balaban J connectivity index is 2.72. The molecule has 1 aromatic heterocycles. The molecule has 0 radical (unpaired) electrons. The van der Waals surface area contributed by atoms with Crippen LogP contribution in [0.5, 0.6) is 6.01 Å². The summed E-state index contributed by atoms with van der Waals surface area (Å²) in [4.78, 5) is 9.60. The van der Waals surface area contributed by atoms with Gasteiger partial charge in [0, 0.05) is 0 Å². The van der Waals surface area contributed by atoms with Crippen LogP contribution in [0.1, 0.15) is 0 Å². The number of aromatic nitrogens is 5. The van der Waals surface area contributed by atoms with Crippen molar-refractivity contribution in [2.24, 2.45) is 0 Å². The Morgan fingerprint density at radius 1 is 1.22 bits per heavy atom. The topological polar surface area (TPSA) is 90.8 Å². The van der Waals surface area contributed by atoms with Crippen LogP contribution in [0, 0.1) is 0 Å². The summed E-state index contributed by atoms with van der Waals surface area (Å²) >= 11 is 0. The van der Waals surface area contributed by atoms with Crippen LogP contribution in [0.15, 0.2) is 0 Å². The lowest BCUT2D eigenvalue weighted by molar-refractivity contribution is -0.121. The fraction of sp³-hybridized carbons (Fsp3) is 0. The first-order valence-corrected chi connectivity index (χ1v) is 1.92. The van der Waals surface area contributed by atoms with Crippen LogP contribution in [0.4, 0.5) is 0 Å². The van der Waals surface area contributed by atoms with E-state index in [4.69, 9.17) is 0 Å². The van der Waals surface area contributed by atoms with Crippen molar-refractivity contribution in [3.63, 3.8) is 0 Å². The highest BCUT2D eigenvalue weighted by Crippen LogP contribution is 1.87. The Labute approximate surface area is 49.0 Å². The van der Waals surface area contributed by atoms with Gasteiger partial charge in [0.15, 0.2) is 0 Å². The Hall–Kier alpha value is -1.66. The van der Waals surface area contributed by atoms with Gasteiger partial charge in [0.25, 0.3) is 0 Å². The molecule has 0 aliphatic rings. The first-order valence-electron chi connectivity index (χ1n) is 1.92. The van der Waals surface area contributed by atoms with E-state index in [1.165, 1.54) is 0 Å². The molecule has 0 aliphatic heterocycles. The van der Waals surface area contributed by atoms with E-state index < -0.39 is 0 Å². The van der Waals surface area contributed by atoms with E-state index in [1.807, 2.05) is 0 Å². The zero-order chi connectivity index (χ0) is 6.53. The van der Waals surface area contributed by atoms with E-state index in [0.29, 0.717) is 0 Å². The monoisotopic (exact) mass is 127 g/mol. The summed E-state index contributed by atoms with van der Waals surface area (Å²) in [6, 6.07) is -0.208. The zero-order valence-electron chi connectivity index (χ0n) is 4.13. The summed E-state index contributed by atoms with van der Waals surface area (Å²) in [5, 5.41) is 15.5. The second-order valence-corrected chi connectivity index (χ2v) is 0.965. The number of nitrogens with zero attached hydrogens (tertiary/aromatic N) is 5. The smallest absolute Gasteiger partial charge is 0.365 e. The molecule has 0 bridgehead atoms. The molecule has 1 heterocycles. The lowest BCUT2D eigenvalue weighted by Crippen LogP contribution is -2.00. The number of rotatable bonds is 2. The van der Waals surface area contributed by atoms with Crippen LogP contribution >= 0.6 is 0 Å². The van der Waals surface area contributed by atoms with E-state index in [0.717, 1.165) is 0 Å². The van der Waals surface area contributed by atoms with Crippen molar-refractivity contribution in [2.75, 3.05) is 0 Å². The Morgan fingerprint density at radius 2 is 1.89 bits per heavy atom. The van der Waals surface area contributed by atoms with Gasteiger partial charge in [-0.2, -0.15) is 0 Å². The number of ether oxygens (including phenoxy) is 1. The predicted molar refractivity (Wildman–Crippen MR) is 22.1 cm³/mol. The van der Waals surface area contributed by atoms with Gasteiger partial charge in [-0.05, 0) is 15.6 Å². The Bertz CT molecular complexity index is 187. The molecule has 9 heavy (non-hydrogen) atoms. The van der Waals surface area contributed by atoms with Crippen LogP contribution in [0.2, 0.25) is 0 Å². The highest BCUT2D eigenvalue weighted by Gasteiger charge is 1.92. The summed E-state index contributed by atoms with van der Waals surface area (Å²) in [6.45, 7) is 0.179. The molecule has 7 nitrogen and oxygen atoms in total. The Kier molecular flexibility index (Phi) is 1.58. The third-order valence-electron chi connectivity index (χ3n) is 0.494. The standard InChI is InChI=1S/C2HN5O2/c8-1-9-2-3-5-7-6-4-2/h1H. The molecule has 0 N–H and O–H groups in total. The van der Waals surface area contributed by atoms with E-state index in [9.17, 15) is 4.79 Å². The largest absolute Gasteiger partial charge is 0.391 e. The maximum atomic E-state index is 9.60. The second-order valence-electron chi connectivity index (χ2n) is 0.965. The summed E-state index contributed by atoms with van der Waals surface area (Å²) in [7, 11) is 0. The lowest BCUT2D eigenvalue weighted by atomic mass is 11.2. The van der Waals surface area contributed by atoms with Crippen LogP contribution in [-0.2, 0) is 4.79 Å². The number of hydrogen-bond acceptors (Lipinski definition) is 7. The maximum Gasteiger partial charge on any atom is 0.365 e. The molecule has 46 valence electrons. The molecule has 0 fully saturated rings. The van der Waals surface area contributed by atoms with Gasteiger partial charge in [-0.25, -0.2) is 0 Å². The van der Waals surface area contributed by atoms with Gasteiger partial charge >= 0.3 is 12.5 Å². The van der Waals surface area contributed by atoms with Gasteiger partial charge in [0.05, 0.1) is 0 Å². The molecule has 0 saturated heterocycles. The van der Waals surface area contributed by atoms with Crippen molar-refractivity contribution >= 4 is 6.47 Å². The van der Waals surface area contributed by atoms with Crippen molar-refractivity contribution in [1.82, 2.24) is 25.8 Å². The van der Waals surface area contributed by atoms with Crippen molar-refractivity contribution in [3.8, 4) is 6.01 Å². The summed E-state index contributed by atoms with van der Waals surface area (Å²) in [6.07, 6.45) is 0. The molecule has 0 amide bonds. The van der Waals surface area contributed by atoms with Crippen LogP contribution in [0.25, 0.3) is 0 Å². The number of carbonyl (C=O) groups excluding carboxylic acids is 1. The minimum Gasteiger partial charge on any atom is -0.391 e. The van der Waals surface area contributed by atoms with Crippen LogP contribution in [-0.4, -0.2) is 32.3 Å². The van der Waals surface area contributed by atoms with Crippen LogP contribution < -0.4 is 4.74 Å². The van der Waals surface area contributed by atoms with Gasteiger partial charge in [-0.15, -0.1) is 0 Å². The van der Waals surface area contributed by atoms with Gasteiger partial charge in [0.2, 0.25) is 0 Å². The number of hydrogen-bond donors (Lipinski definition) is 0. The van der Waals surface area contributed by atoms with Gasteiger partial charge in [0.1, 0.15) is 0 Å². The predicted octanol–water partition coefficient (Wildman–Crippen LogP) is -1.80. The van der Waals surface area contributed by atoms with Crippen LogP contribution in [0.3, 0.4) is 0 Å². The van der Waals surface area contributed by atoms with E-state index in [-0.39, 0.29) is 12.5 Å². The third kappa shape index (κ3) is 1.37. The van der Waals surface area contributed by atoms with E-state index in [1.54, 1.807) is 0 Å². The fourth-order valence-corrected chi connectivity index (χ4v) is 0.245. The maximum absolute atomic E-state index is 9.60.